The van der Waals surface area contributed by atoms with Crippen LogP contribution in [0, 0.1) is 0 Å². The molecule has 102 valence electrons. The summed E-state index contributed by atoms with van der Waals surface area (Å²) >= 11 is 0. The fraction of sp³-hybridized carbons (Fsp3) is 0.263. The lowest BCUT2D eigenvalue weighted by molar-refractivity contribution is 0.375. The van der Waals surface area contributed by atoms with E-state index in [1.807, 2.05) is 13.8 Å². The van der Waals surface area contributed by atoms with Crippen LogP contribution in [-0.4, -0.2) is 18.5 Å². The second-order valence-corrected chi connectivity index (χ2v) is 5.23. The Balaban J connectivity index is 0.000000581. The lowest BCUT2D eigenvalue weighted by Crippen LogP contribution is -2.16. The Morgan fingerprint density at radius 3 is 2.30 bits per heavy atom. The van der Waals surface area contributed by atoms with Gasteiger partial charge in [-0.1, -0.05) is 62.4 Å². The molecule has 4 rings (SSSR count). The van der Waals surface area contributed by atoms with Crippen LogP contribution in [-0.2, 0) is 6.54 Å². The quantitative estimate of drug-likeness (QED) is 0.593. The van der Waals surface area contributed by atoms with Crippen molar-refractivity contribution in [2.45, 2.75) is 20.4 Å². The van der Waals surface area contributed by atoms with Crippen molar-refractivity contribution < 1.29 is 0 Å². The van der Waals surface area contributed by atoms with Crippen LogP contribution in [0.1, 0.15) is 19.4 Å². The first-order chi connectivity index (χ1) is 9.83. The summed E-state index contributed by atoms with van der Waals surface area (Å²) < 4.78 is 0. The molecular weight excluding hydrogens is 242 g/mol. The molecule has 1 heterocycles. The highest BCUT2D eigenvalue weighted by Crippen LogP contribution is 2.28. The van der Waals surface area contributed by atoms with Crippen molar-refractivity contribution in [1.82, 2.24) is 4.90 Å². The van der Waals surface area contributed by atoms with Crippen LogP contribution in [0.4, 0.5) is 0 Å². The highest BCUT2D eigenvalue weighted by Gasteiger charge is 2.11. The molecule has 1 nitrogen and oxygen atoms in total. The molecule has 0 saturated heterocycles. The summed E-state index contributed by atoms with van der Waals surface area (Å²) in [6.45, 7) is 6.06. The van der Waals surface area contributed by atoms with Crippen LogP contribution >= 0.6 is 0 Å². The highest BCUT2D eigenvalue weighted by atomic mass is 15.1. The summed E-state index contributed by atoms with van der Waals surface area (Å²) in [6.07, 6.45) is 2.34. The molecule has 0 amide bonds. The highest BCUT2D eigenvalue weighted by molar-refractivity contribution is 6.11. The van der Waals surface area contributed by atoms with E-state index in [-0.39, 0.29) is 0 Å². The molecule has 0 aromatic heterocycles. The van der Waals surface area contributed by atoms with Gasteiger partial charge in [0.25, 0.3) is 0 Å². The topological polar surface area (TPSA) is 3.24 Å². The van der Waals surface area contributed by atoms with E-state index in [4.69, 9.17) is 0 Å². The van der Waals surface area contributed by atoms with Gasteiger partial charge in [0.2, 0.25) is 0 Å². The lowest BCUT2D eigenvalue weighted by Gasteiger charge is -2.14. The van der Waals surface area contributed by atoms with Gasteiger partial charge in [-0.15, -0.1) is 0 Å². The number of benzene rings is 3. The zero-order chi connectivity index (χ0) is 14.1. The number of hydrogen-bond donors (Lipinski definition) is 0. The van der Waals surface area contributed by atoms with Crippen molar-refractivity contribution in [3.63, 3.8) is 0 Å². The predicted octanol–water partition coefficient (Wildman–Crippen LogP) is 3.96. The Bertz CT molecular complexity index is 786. The normalized spacial score (nSPS) is 14.6. The van der Waals surface area contributed by atoms with E-state index in [1.165, 1.54) is 32.3 Å². The summed E-state index contributed by atoms with van der Waals surface area (Å²) in [6, 6.07) is 15.6. The third-order valence-electron chi connectivity index (χ3n) is 3.96. The minimum absolute atomic E-state index is 1.03. The maximum absolute atomic E-state index is 2.36. The molecule has 20 heavy (non-hydrogen) atoms. The van der Waals surface area contributed by atoms with Crippen molar-refractivity contribution in [2.75, 3.05) is 13.6 Å². The SMILES string of the molecule is CC.CN1CC=c2ccc3cccc4ccc(c2c43)C1. The molecule has 0 radical (unpaired) electrons. The Morgan fingerprint density at radius 2 is 1.55 bits per heavy atom. The minimum atomic E-state index is 1.03. The molecule has 0 N–H and O–H groups in total. The van der Waals surface area contributed by atoms with E-state index in [2.05, 4.69) is 60.5 Å². The molecule has 0 atom stereocenters. The number of hydrogen-bond acceptors (Lipinski definition) is 1. The van der Waals surface area contributed by atoms with Gasteiger partial charge in [-0.05, 0) is 39.4 Å². The first-order valence-corrected chi connectivity index (χ1v) is 7.45. The van der Waals surface area contributed by atoms with Crippen LogP contribution in [0.15, 0.2) is 42.5 Å². The lowest BCUT2D eigenvalue weighted by atomic mass is 9.95. The third-order valence-corrected chi connectivity index (χ3v) is 3.96. The van der Waals surface area contributed by atoms with Crippen molar-refractivity contribution in [3.8, 4) is 0 Å². The van der Waals surface area contributed by atoms with Crippen molar-refractivity contribution in [3.05, 3.63) is 53.2 Å². The van der Waals surface area contributed by atoms with Crippen LogP contribution < -0.4 is 5.22 Å². The maximum atomic E-state index is 2.36. The Kier molecular flexibility index (Phi) is 3.45. The molecule has 0 spiro atoms. The van der Waals surface area contributed by atoms with E-state index in [1.54, 1.807) is 0 Å². The van der Waals surface area contributed by atoms with Gasteiger partial charge >= 0.3 is 0 Å². The second-order valence-electron chi connectivity index (χ2n) is 5.23. The molecule has 0 aliphatic carbocycles. The maximum Gasteiger partial charge on any atom is 0.0240 e. The molecule has 3 aromatic carbocycles. The molecule has 3 aromatic rings. The summed E-state index contributed by atoms with van der Waals surface area (Å²) in [7, 11) is 2.18. The standard InChI is InChI=1S/C17H15N.C2H6/c1-18-10-9-14-6-5-12-3-2-4-13-7-8-15(11-18)17(14)16(12)13;1-2/h2-9H,10-11H2,1H3;1-2H3. The van der Waals surface area contributed by atoms with Gasteiger partial charge in [0.15, 0.2) is 0 Å². The first-order valence-electron chi connectivity index (χ1n) is 7.45. The molecule has 0 fully saturated rings. The van der Waals surface area contributed by atoms with Gasteiger partial charge in [-0.25, -0.2) is 0 Å². The largest absolute Gasteiger partial charge is 0.298 e. The van der Waals surface area contributed by atoms with E-state index in [9.17, 15) is 0 Å². The smallest absolute Gasteiger partial charge is 0.0240 e. The molecule has 1 aliphatic heterocycles. The first kappa shape index (κ1) is 13.1. The molecule has 1 heteroatoms. The molecule has 0 saturated carbocycles. The fourth-order valence-electron chi connectivity index (χ4n) is 3.09. The van der Waals surface area contributed by atoms with Gasteiger partial charge in [0, 0.05) is 13.1 Å². The summed E-state index contributed by atoms with van der Waals surface area (Å²) in [4.78, 5) is 2.36. The van der Waals surface area contributed by atoms with Crippen LogP contribution in [0.3, 0.4) is 0 Å². The van der Waals surface area contributed by atoms with Gasteiger partial charge in [-0.3, -0.25) is 4.90 Å². The van der Waals surface area contributed by atoms with Crippen molar-refractivity contribution in [1.29, 1.82) is 0 Å². The Labute approximate surface area is 120 Å². The Hall–Kier alpha value is -1.86. The van der Waals surface area contributed by atoms with Gasteiger partial charge < -0.3 is 0 Å². The molecule has 0 unspecified atom stereocenters. The predicted molar refractivity (Wildman–Crippen MR) is 88.8 cm³/mol. The average molecular weight is 263 g/mol. The average Bonchev–Trinajstić information content (AvgIpc) is 2.67. The number of rotatable bonds is 0. The minimum Gasteiger partial charge on any atom is -0.298 e. The van der Waals surface area contributed by atoms with E-state index in [0.29, 0.717) is 0 Å². The second kappa shape index (κ2) is 5.26. The van der Waals surface area contributed by atoms with Gasteiger partial charge in [0.05, 0.1) is 0 Å². The van der Waals surface area contributed by atoms with Crippen LogP contribution in [0.2, 0.25) is 0 Å². The summed E-state index contributed by atoms with van der Waals surface area (Å²) in [5.74, 6) is 0. The van der Waals surface area contributed by atoms with Crippen molar-refractivity contribution >= 4 is 27.6 Å². The zero-order valence-corrected chi connectivity index (χ0v) is 12.5. The van der Waals surface area contributed by atoms with Crippen LogP contribution in [0.5, 0.6) is 0 Å². The van der Waals surface area contributed by atoms with E-state index in [0.717, 1.165) is 13.1 Å². The molecule has 0 bridgehead atoms. The summed E-state index contributed by atoms with van der Waals surface area (Å²) in [5, 5.41) is 6.98. The number of nitrogens with zero attached hydrogens (tertiary/aromatic N) is 1. The molecule has 1 aliphatic rings. The fourth-order valence-corrected chi connectivity index (χ4v) is 3.09. The summed E-state index contributed by atoms with van der Waals surface area (Å²) in [5.41, 5.74) is 1.45. The van der Waals surface area contributed by atoms with Gasteiger partial charge in [-0.2, -0.15) is 0 Å². The Morgan fingerprint density at radius 1 is 0.850 bits per heavy atom. The molecular formula is C19H21N. The monoisotopic (exact) mass is 263 g/mol. The van der Waals surface area contributed by atoms with Crippen molar-refractivity contribution in [2.24, 2.45) is 0 Å². The van der Waals surface area contributed by atoms with E-state index < -0.39 is 0 Å². The third kappa shape index (κ3) is 1.99. The zero-order valence-electron chi connectivity index (χ0n) is 12.5. The van der Waals surface area contributed by atoms with Crippen LogP contribution in [0.25, 0.3) is 27.6 Å². The van der Waals surface area contributed by atoms with E-state index >= 15 is 0 Å². The van der Waals surface area contributed by atoms with Gasteiger partial charge in [0.1, 0.15) is 0 Å².